The van der Waals surface area contributed by atoms with Crippen molar-refractivity contribution < 1.29 is 14.7 Å². The number of amides is 1. The van der Waals surface area contributed by atoms with Crippen molar-refractivity contribution in [2.24, 2.45) is 0 Å². The van der Waals surface area contributed by atoms with Crippen molar-refractivity contribution in [3.05, 3.63) is 76.8 Å². The molecule has 2 heterocycles. The van der Waals surface area contributed by atoms with Crippen LogP contribution in [-0.2, 0) is 0 Å². The van der Waals surface area contributed by atoms with Gasteiger partial charge >= 0.3 is 0 Å². The number of rotatable bonds is 6. The standard InChI is InChI=1S/C21H16N4O3S2/c1-12-17(30-21(22-12)25-18(26)13-6-3-2-4-7-13)16-11-29-20(24-16)23-15-9-5-8-14(10-15)19(27)28/h2-11H,1H3,(H,23,24)(H,27,28)(H,22,25,26)/p-1. The molecule has 9 heteroatoms. The lowest BCUT2D eigenvalue weighted by molar-refractivity contribution is -0.255. The maximum Gasteiger partial charge on any atom is 0.257 e. The monoisotopic (exact) mass is 435 g/mol. The first-order chi connectivity index (χ1) is 14.5. The van der Waals surface area contributed by atoms with Gasteiger partial charge in [-0.25, -0.2) is 9.97 Å². The van der Waals surface area contributed by atoms with Gasteiger partial charge in [0.2, 0.25) is 0 Å². The average Bonchev–Trinajstić information content (AvgIpc) is 3.35. The zero-order chi connectivity index (χ0) is 21.1. The van der Waals surface area contributed by atoms with E-state index in [0.29, 0.717) is 21.5 Å². The molecule has 150 valence electrons. The number of nitrogens with zero attached hydrogens (tertiary/aromatic N) is 2. The molecule has 7 nitrogen and oxygen atoms in total. The van der Waals surface area contributed by atoms with Crippen LogP contribution in [0.2, 0.25) is 0 Å². The lowest BCUT2D eigenvalue weighted by atomic mass is 10.2. The fraction of sp³-hybridized carbons (Fsp3) is 0.0476. The summed E-state index contributed by atoms with van der Waals surface area (Å²) in [4.78, 5) is 33.2. The number of carboxylic acid groups (broad SMARTS) is 1. The Bertz CT molecular complexity index is 1220. The van der Waals surface area contributed by atoms with Gasteiger partial charge in [-0.1, -0.05) is 41.7 Å². The van der Waals surface area contributed by atoms with Gasteiger partial charge in [-0.3, -0.25) is 10.1 Å². The first kappa shape index (κ1) is 19.7. The number of carboxylic acids is 1. The lowest BCUT2D eigenvalue weighted by Crippen LogP contribution is -2.22. The molecule has 1 amide bonds. The number of thiazole rings is 2. The molecule has 2 aromatic heterocycles. The van der Waals surface area contributed by atoms with Crippen molar-refractivity contribution in [3.63, 3.8) is 0 Å². The van der Waals surface area contributed by atoms with Crippen molar-refractivity contribution in [3.8, 4) is 10.6 Å². The van der Waals surface area contributed by atoms with Crippen LogP contribution in [0.3, 0.4) is 0 Å². The number of aromatic carboxylic acids is 1. The average molecular weight is 436 g/mol. The van der Waals surface area contributed by atoms with Crippen LogP contribution in [0.25, 0.3) is 10.6 Å². The third-order valence-corrected chi connectivity index (χ3v) is 5.99. The third kappa shape index (κ3) is 4.37. The Kier molecular flexibility index (Phi) is 5.55. The summed E-state index contributed by atoms with van der Waals surface area (Å²) in [5.41, 5.74) is 2.75. The highest BCUT2D eigenvalue weighted by atomic mass is 32.1. The van der Waals surface area contributed by atoms with E-state index in [1.165, 1.54) is 34.8 Å². The molecule has 0 unspecified atom stereocenters. The molecule has 0 atom stereocenters. The molecule has 0 aliphatic rings. The molecule has 0 bridgehead atoms. The minimum Gasteiger partial charge on any atom is -0.545 e. The molecular weight excluding hydrogens is 420 g/mol. The number of anilines is 3. The minimum atomic E-state index is -1.23. The topological polar surface area (TPSA) is 107 Å². The molecule has 0 spiro atoms. The van der Waals surface area contributed by atoms with E-state index in [1.54, 1.807) is 36.4 Å². The fourth-order valence-electron chi connectivity index (χ4n) is 2.73. The number of nitrogens with one attached hydrogen (secondary N) is 2. The Morgan fingerprint density at radius 1 is 0.967 bits per heavy atom. The van der Waals surface area contributed by atoms with Crippen molar-refractivity contribution in [2.75, 3.05) is 10.6 Å². The Labute approximate surface area is 180 Å². The molecule has 0 saturated carbocycles. The summed E-state index contributed by atoms with van der Waals surface area (Å²) < 4.78 is 0. The highest BCUT2D eigenvalue weighted by Crippen LogP contribution is 2.35. The van der Waals surface area contributed by atoms with Crippen LogP contribution >= 0.6 is 22.7 Å². The van der Waals surface area contributed by atoms with Crippen LogP contribution in [0.1, 0.15) is 26.4 Å². The molecular formula is C21H15N4O3S2-. The Balaban J connectivity index is 1.50. The lowest BCUT2D eigenvalue weighted by Gasteiger charge is -2.06. The van der Waals surface area contributed by atoms with Gasteiger partial charge < -0.3 is 15.2 Å². The van der Waals surface area contributed by atoms with Crippen LogP contribution in [0.15, 0.2) is 60.0 Å². The molecule has 0 fully saturated rings. The molecule has 0 radical (unpaired) electrons. The predicted molar refractivity (Wildman–Crippen MR) is 116 cm³/mol. The Morgan fingerprint density at radius 2 is 1.73 bits per heavy atom. The first-order valence-electron chi connectivity index (χ1n) is 8.88. The van der Waals surface area contributed by atoms with Gasteiger partial charge in [0.05, 0.1) is 22.2 Å². The number of aryl methyl sites for hydroxylation is 1. The Hall–Kier alpha value is -3.56. The zero-order valence-electron chi connectivity index (χ0n) is 15.7. The number of aromatic nitrogens is 2. The van der Waals surface area contributed by atoms with E-state index in [1.807, 2.05) is 18.4 Å². The quantitative estimate of drug-likeness (QED) is 0.475. The van der Waals surface area contributed by atoms with E-state index in [4.69, 9.17) is 0 Å². The van der Waals surface area contributed by atoms with Gasteiger partial charge in [-0.05, 0) is 36.8 Å². The van der Waals surface area contributed by atoms with Crippen LogP contribution in [-0.4, -0.2) is 21.8 Å². The summed E-state index contributed by atoms with van der Waals surface area (Å²) in [6.07, 6.45) is 0. The van der Waals surface area contributed by atoms with Gasteiger partial charge in [0.25, 0.3) is 5.91 Å². The van der Waals surface area contributed by atoms with Gasteiger partial charge in [-0.2, -0.15) is 0 Å². The van der Waals surface area contributed by atoms with Crippen LogP contribution in [0.5, 0.6) is 0 Å². The number of hydrogen-bond donors (Lipinski definition) is 2. The summed E-state index contributed by atoms with van der Waals surface area (Å²) in [6, 6.07) is 15.3. The van der Waals surface area contributed by atoms with Crippen molar-refractivity contribution >= 4 is 50.5 Å². The van der Waals surface area contributed by atoms with E-state index in [2.05, 4.69) is 20.6 Å². The first-order valence-corrected chi connectivity index (χ1v) is 10.6. The van der Waals surface area contributed by atoms with E-state index >= 15 is 0 Å². The second kappa shape index (κ2) is 8.44. The van der Waals surface area contributed by atoms with E-state index in [0.717, 1.165) is 16.3 Å². The molecule has 0 aliphatic carbocycles. The van der Waals surface area contributed by atoms with E-state index in [-0.39, 0.29) is 11.5 Å². The molecule has 30 heavy (non-hydrogen) atoms. The highest BCUT2D eigenvalue weighted by molar-refractivity contribution is 7.20. The van der Waals surface area contributed by atoms with Gasteiger partial charge in [0.1, 0.15) is 0 Å². The van der Waals surface area contributed by atoms with Crippen molar-refractivity contribution in [2.45, 2.75) is 6.92 Å². The van der Waals surface area contributed by atoms with Crippen LogP contribution in [0.4, 0.5) is 16.0 Å². The molecule has 2 aromatic carbocycles. The second-order valence-corrected chi connectivity index (χ2v) is 8.14. The van der Waals surface area contributed by atoms with Gasteiger partial charge in [0.15, 0.2) is 10.3 Å². The molecule has 2 N–H and O–H groups in total. The summed E-state index contributed by atoms with van der Waals surface area (Å²) in [5, 5.41) is 19.9. The maximum atomic E-state index is 12.3. The zero-order valence-corrected chi connectivity index (χ0v) is 17.3. The fourth-order valence-corrected chi connectivity index (χ4v) is 4.45. The Morgan fingerprint density at radius 3 is 2.50 bits per heavy atom. The summed E-state index contributed by atoms with van der Waals surface area (Å²) >= 11 is 2.74. The third-order valence-electron chi connectivity index (χ3n) is 4.14. The van der Waals surface area contributed by atoms with E-state index in [9.17, 15) is 14.7 Å². The van der Waals surface area contributed by atoms with Crippen LogP contribution < -0.4 is 15.7 Å². The number of benzene rings is 2. The normalized spacial score (nSPS) is 10.6. The minimum absolute atomic E-state index is 0.0916. The number of hydrogen-bond acceptors (Lipinski definition) is 8. The van der Waals surface area contributed by atoms with E-state index < -0.39 is 5.97 Å². The SMILES string of the molecule is Cc1nc(NC(=O)c2ccccc2)sc1-c1csc(Nc2cccc(C(=O)[O-])c2)n1. The van der Waals surface area contributed by atoms with Crippen molar-refractivity contribution in [1.29, 1.82) is 0 Å². The number of carbonyl (C=O) groups is 2. The maximum absolute atomic E-state index is 12.3. The summed E-state index contributed by atoms with van der Waals surface area (Å²) in [5.74, 6) is -1.45. The summed E-state index contributed by atoms with van der Waals surface area (Å²) in [6.45, 7) is 1.86. The largest absolute Gasteiger partial charge is 0.545 e. The molecule has 4 rings (SSSR count). The van der Waals surface area contributed by atoms with Crippen LogP contribution in [0, 0.1) is 6.92 Å². The second-order valence-electron chi connectivity index (χ2n) is 6.28. The highest BCUT2D eigenvalue weighted by Gasteiger charge is 2.15. The molecule has 4 aromatic rings. The van der Waals surface area contributed by atoms with Crippen molar-refractivity contribution in [1.82, 2.24) is 9.97 Å². The molecule has 0 aliphatic heterocycles. The summed E-state index contributed by atoms with van der Waals surface area (Å²) in [7, 11) is 0. The molecule has 0 saturated heterocycles. The smallest absolute Gasteiger partial charge is 0.257 e. The van der Waals surface area contributed by atoms with Gasteiger partial charge in [-0.15, -0.1) is 11.3 Å². The predicted octanol–water partition coefficient (Wildman–Crippen LogP) is 3.93. The number of carbonyl (C=O) groups excluding carboxylic acids is 2. The van der Waals surface area contributed by atoms with Gasteiger partial charge in [0, 0.05) is 16.6 Å².